The molecule has 9 heteroatoms. The van der Waals surface area contributed by atoms with Crippen LogP contribution in [0.1, 0.15) is 11.1 Å². The predicted molar refractivity (Wildman–Crippen MR) is 68.9 cm³/mol. The summed E-state index contributed by atoms with van der Waals surface area (Å²) < 4.78 is 62.8. The van der Waals surface area contributed by atoms with Crippen LogP contribution in [0.3, 0.4) is 0 Å². The predicted octanol–water partition coefficient (Wildman–Crippen LogP) is 1.41. The zero-order chi connectivity index (χ0) is 14.7. The smallest absolute Gasteiger partial charge is 0.392 e. The van der Waals surface area contributed by atoms with Gasteiger partial charge in [-0.15, -0.1) is 0 Å². The molecule has 0 fully saturated rings. The van der Waals surface area contributed by atoms with Gasteiger partial charge < -0.3 is 5.73 Å². The van der Waals surface area contributed by atoms with Crippen molar-refractivity contribution >= 4 is 27.2 Å². The number of nitrogens with two attached hydrogens (primary N) is 1. The molecule has 1 aromatic carbocycles. The van der Waals surface area contributed by atoms with Crippen LogP contribution < -0.4 is 10.5 Å². The average Bonchev–Trinajstić information content (AvgIpc) is 2.24. The van der Waals surface area contributed by atoms with E-state index in [0.29, 0.717) is 0 Å². The molecule has 0 saturated heterocycles. The van der Waals surface area contributed by atoms with Gasteiger partial charge >= 0.3 is 6.18 Å². The molecule has 1 aromatic rings. The molecule has 106 valence electrons. The quantitative estimate of drug-likeness (QED) is 0.807. The van der Waals surface area contributed by atoms with Gasteiger partial charge in [-0.3, -0.25) is 0 Å². The van der Waals surface area contributed by atoms with Gasteiger partial charge in [0, 0.05) is 6.54 Å². The summed E-state index contributed by atoms with van der Waals surface area (Å²) in [7, 11) is -3.82. The molecule has 0 heterocycles. The Labute approximate surface area is 113 Å². The number of sulfonamides is 1. The molecule has 3 N–H and O–H groups in total. The molecule has 0 amide bonds. The Kier molecular flexibility index (Phi) is 4.88. The molecule has 0 saturated carbocycles. The molecular formula is C10H11F3N2O2S2. The largest absolute Gasteiger partial charge is 0.416 e. The lowest BCUT2D eigenvalue weighted by Gasteiger charge is -2.13. The minimum absolute atomic E-state index is 0.165. The lowest BCUT2D eigenvalue weighted by molar-refractivity contribution is -0.138. The van der Waals surface area contributed by atoms with Crippen LogP contribution in [-0.2, 0) is 22.7 Å². The Morgan fingerprint density at radius 1 is 1.32 bits per heavy atom. The Balaban J connectivity index is 2.88. The molecule has 0 radical (unpaired) electrons. The standard InChI is InChI=1S/C10H11F3N2O2S2/c11-10(12,13)8-4-2-1-3-7(8)5-15-19(16,17)6-9(14)18/h1-4,15H,5-6H2,(H2,14,18). The van der Waals surface area contributed by atoms with Gasteiger partial charge in [-0.25, -0.2) is 13.1 Å². The second kappa shape index (κ2) is 5.85. The van der Waals surface area contributed by atoms with Gasteiger partial charge in [-0.2, -0.15) is 13.2 Å². The van der Waals surface area contributed by atoms with E-state index in [2.05, 4.69) is 12.2 Å². The molecule has 0 aliphatic carbocycles. The molecule has 0 aliphatic heterocycles. The number of hydrogen-bond acceptors (Lipinski definition) is 3. The van der Waals surface area contributed by atoms with Crippen molar-refractivity contribution in [1.29, 1.82) is 0 Å². The van der Waals surface area contributed by atoms with Crippen LogP contribution in [0.15, 0.2) is 24.3 Å². The third-order valence-electron chi connectivity index (χ3n) is 2.14. The second-order valence-corrected chi connectivity index (χ2v) is 6.03. The van der Waals surface area contributed by atoms with Crippen LogP contribution in [0.2, 0.25) is 0 Å². The number of benzene rings is 1. The average molecular weight is 312 g/mol. The Hall–Kier alpha value is -1.19. The van der Waals surface area contributed by atoms with Crippen molar-refractivity contribution in [1.82, 2.24) is 4.72 Å². The van der Waals surface area contributed by atoms with E-state index in [9.17, 15) is 21.6 Å². The van der Waals surface area contributed by atoms with Gasteiger partial charge in [-0.1, -0.05) is 30.4 Å². The number of nitrogens with one attached hydrogen (secondary N) is 1. The normalized spacial score (nSPS) is 12.4. The Morgan fingerprint density at radius 2 is 1.89 bits per heavy atom. The van der Waals surface area contributed by atoms with Crippen LogP contribution in [0.25, 0.3) is 0 Å². The van der Waals surface area contributed by atoms with Crippen LogP contribution >= 0.6 is 12.2 Å². The summed E-state index contributed by atoms with van der Waals surface area (Å²) >= 11 is 4.44. The fourth-order valence-corrected chi connectivity index (χ4v) is 2.69. The van der Waals surface area contributed by atoms with Crippen molar-refractivity contribution in [3.05, 3.63) is 35.4 Å². The van der Waals surface area contributed by atoms with E-state index in [1.165, 1.54) is 18.2 Å². The third kappa shape index (κ3) is 5.13. The van der Waals surface area contributed by atoms with E-state index < -0.39 is 34.1 Å². The maximum Gasteiger partial charge on any atom is 0.416 e. The molecule has 19 heavy (non-hydrogen) atoms. The van der Waals surface area contributed by atoms with Gasteiger partial charge in [0.05, 0.1) is 10.6 Å². The monoisotopic (exact) mass is 312 g/mol. The van der Waals surface area contributed by atoms with Crippen LogP contribution in [0.5, 0.6) is 0 Å². The zero-order valence-corrected chi connectivity index (χ0v) is 11.2. The molecular weight excluding hydrogens is 301 g/mol. The van der Waals surface area contributed by atoms with Gasteiger partial charge in [0.15, 0.2) is 0 Å². The lowest BCUT2D eigenvalue weighted by atomic mass is 10.1. The van der Waals surface area contributed by atoms with E-state index in [1.54, 1.807) is 0 Å². The highest BCUT2D eigenvalue weighted by atomic mass is 32.2. The van der Waals surface area contributed by atoms with Crippen molar-refractivity contribution in [2.45, 2.75) is 12.7 Å². The van der Waals surface area contributed by atoms with Crippen LogP contribution in [0, 0.1) is 0 Å². The summed E-state index contributed by atoms with van der Waals surface area (Å²) in [6.45, 7) is -0.472. The minimum atomic E-state index is -4.54. The van der Waals surface area contributed by atoms with Gasteiger partial charge in [0.25, 0.3) is 0 Å². The molecule has 0 aliphatic rings. The highest BCUT2D eigenvalue weighted by molar-refractivity contribution is 7.92. The maximum atomic E-state index is 12.7. The van der Waals surface area contributed by atoms with Crippen molar-refractivity contribution < 1.29 is 21.6 Å². The van der Waals surface area contributed by atoms with E-state index in [-0.39, 0.29) is 10.6 Å². The zero-order valence-electron chi connectivity index (χ0n) is 9.57. The Morgan fingerprint density at radius 3 is 2.42 bits per heavy atom. The van der Waals surface area contributed by atoms with Crippen LogP contribution in [0.4, 0.5) is 13.2 Å². The van der Waals surface area contributed by atoms with E-state index in [4.69, 9.17) is 5.73 Å². The fraction of sp³-hybridized carbons (Fsp3) is 0.300. The highest BCUT2D eigenvalue weighted by Crippen LogP contribution is 2.31. The number of halogens is 3. The summed E-state index contributed by atoms with van der Waals surface area (Å²) in [5.74, 6) is -0.601. The number of thiocarbonyl (C=S) groups is 1. The summed E-state index contributed by atoms with van der Waals surface area (Å²) in [5.41, 5.74) is 4.03. The topological polar surface area (TPSA) is 72.2 Å². The number of rotatable bonds is 5. The van der Waals surface area contributed by atoms with Crippen molar-refractivity contribution in [3.63, 3.8) is 0 Å². The first-order valence-corrected chi connectivity index (χ1v) is 7.08. The molecule has 0 bridgehead atoms. The molecule has 0 aromatic heterocycles. The molecule has 4 nitrogen and oxygen atoms in total. The van der Waals surface area contributed by atoms with Gasteiger partial charge in [0.2, 0.25) is 10.0 Å². The second-order valence-electron chi connectivity index (χ2n) is 3.70. The fourth-order valence-electron chi connectivity index (χ4n) is 1.38. The summed E-state index contributed by atoms with van der Waals surface area (Å²) in [5, 5.41) is 0. The van der Waals surface area contributed by atoms with Crippen LogP contribution in [-0.4, -0.2) is 19.2 Å². The lowest BCUT2D eigenvalue weighted by Crippen LogP contribution is -2.32. The molecule has 1 rings (SSSR count). The first-order chi connectivity index (χ1) is 8.62. The van der Waals surface area contributed by atoms with Crippen molar-refractivity contribution in [2.75, 3.05) is 5.75 Å². The number of alkyl halides is 3. The van der Waals surface area contributed by atoms with E-state index in [0.717, 1.165) is 6.07 Å². The molecule has 0 atom stereocenters. The minimum Gasteiger partial charge on any atom is -0.392 e. The van der Waals surface area contributed by atoms with Crippen molar-refractivity contribution in [2.24, 2.45) is 5.73 Å². The van der Waals surface area contributed by atoms with Gasteiger partial charge in [0.1, 0.15) is 5.75 Å². The summed E-state index contributed by atoms with van der Waals surface area (Å²) in [6.07, 6.45) is -4.54. The van der Waals surface area contributed by atoms with E-state index >= 15 is 0 Å². The summed E-state index contributed by atoms with van der Waals surface area (Å²) in [6, 6.07) is 4.71. The SMILES string of the molecule is NC(=S)CS(=O)(=O)NCc1ccccc1C(F)(F)F. The van der Waals surface area contributed by atoms with Crippen molar-refractivity contribution in [3.8, 4) is 0 Å². The van der Waals surface area contributed by atoms with E-state index in [1.807, 2.05) is 4.72 Å². The molecule has 0 spiro atoms. The first-order valence-electron chi connectivity index (χ1n) is 5.02. The molecule has 0 unspecified atom stereocenters. The first kappa shape index (κ1) is 15.9. The maximum absolute atomic E-state index is 12.7. The summed E-state index contributed by atoms with van der Waals surface area (Å²) in [4.78, 5) is -0.253. The number of hydrogen-bond donors (Lipinski definition) is 2. The highest BCUT2D eigenvalue weighted by Gasteiger charge is 2.32. The Bertz CT molecular complexity index is 570. The van der Waals surface area contributed by atoms with Gasteiger partial charge in [-0.05, 0) is 11.6 Å². The third-order valence-corrected chi connectivity index (χ3v) is 3.74.